The fourth-order valence-electron chi connectivity index (χ4n) is 2.40. The minimum Gasteiger partial charge on any atom is -0.468 e. The SMILES string of the molecule is CCCNC1(C(=O)OC)CCC(OCCC)C1. The maximum Gasteiger partial charge on any atom is 0.326 e. The van der Waals surface area contributed by atoms with Crippen molar-refractivity contribution in [2.24, 2.45) is 0 Å². The van der Waals surface area contributed by atoms with E-state index in [9.17, 15) is 4.79 Å². The zero-order valence-corrected chi connectivity index (χ0v) is 11.3. The van der Waals surface area contributed by atoms with Crippen molar-refractivity contribution in [3.05, 3.63) is 0 Å². The lowest BCUT2D eigenvalue weighted by molar-refractivity contribution is -0.148. The van der Waals surface area contributed by atoms with E-state index in [1.54, 1.807) is 0 Å². The number of ether oxygens (including phenoxy) is 2. The summed E-state index contributed by atoms with van der Waals surface area (Å²) >= 11 is 0. The van der Waals surface area contributed by atoms with Crippen LogP contribution in [0.3, 0.4) is 0 Å². The Hall–Kier alpha value is -0.610. The number of carbonyl (C=O) groups excluding carboxylic acids is 1. The molecule has 2 atom stereocenters. The predicted octanol–water partition coefficient (Wildman–Crippen LogP) is 1.88. The Kier molecular flexibility index (Phi) is 5.92. The molecule has 0 aliphatic heterocycles. The second-order valence-corrected chi connectivity index (χ2v) is 4.74. The molecule has 0 saturated heterocycles. The molecule has 0 amide bonds. The first-order valence-electron chi connectivity index (χ1n) is 6.63. The molecule has 1 saturated carbocycles. The Morgan fingerprint density at radius 1 is 1.41 bits per heavy atom. The van der Waals surface area contributed by atoms with E-state index in [0.717, 1.165) is 45.3 Å². The number of hydrogen-bond donors (Lipinski definition) is 1. The second-order valence-electron chi connectivity index (χ2n) is 4.74. The summed E-state index contributed by atoms with van der Waals surface area (Å²) in [5.74, 6) is -0.145. The quantitative estimate of drug-likeness (QED) is 0.694. The van der Waals surface area contributed by atoms with E-state index in [4.69, 9.17) is 9.47 Å². The Balaban J connectivity index is 2.57. The van der Waals surface area contributed by atoms with E-state index >= 15 is 0 Å². The summed E-state index contributed by atoms with van der Waals surface area (Å²) in [6.45, 7) is 5.81. The second kappa shape index (κ2) is 6.97. The predicted molar refractivity (Wildman–Crippen MR) is 66.9 cm³/mol. The first-order chi connectivity index (χ1) is 8.18. The van der Waals surface area contributed by atoms with Crippen molar-refractivity contribution in [1.82, 2.24) is 5.32 Å². The lowest BCUT2D eigenvalue weighted by Gasteiger charge is -2.27. The van der Waals surface area contributed by atoms with Crippen molar-refractivity contribution in [3.8, 4) is 0 Å². The largest absolute Gasteiger partial charge is 0.468 e. The molecule has 1 rings (SSSR count). The highest BCUT2D eigenvalue weighted by atomic mass is 16.5. The Bertz CT molecular complexity index is 245. The molecule has 4 heteroatoms. The van der Waals surface area contributed by atoms with E-state index in [1.807, 2.05) is 0 Å². The molecule has 0 bridgehead atoms. The molecule has 1 fully saturated rings. The Morgan fingerprint density at radius 3 is 2.76 bits per heavy atom. The van der Waals surface area contributed by atoms with Crippen molar-refractivity contribution in [3.63, 3.8) is 0 Å². The molecule has 1 aliphatic rings. The van der Waals surface area contributed by atoms with Gasteiger partial charge in [0, 0.05) is 13.0 Å². The first kappa shape index (κ1) is 14.5. The number of methoxy groups -OCH3 is 1. The van der Waals surface area contributed by atoms with Gasteiger partial charge in [-0.1, -0.05) is 13.8 Å². The van der Waals surface area contributed by atoms with Gasteiger partial charge < -0.3 is 14.8 Å². The molecule has 0 aromatic heterocycles. The minimum absolute atomic E-state index is 0.145. The van der Waals surface area contributed by atoms with Gasteiger partial charge in [0.25, 0.3) is 0 Å². The molecule has 100 valence electrons. The van der Waals surface area contributed by atoms with E-state index < -0.39 is 5.54 Å². The molecule has 4 nitrogen and oxygen atoms in total. The summed E-state index contributed by atoms with van der Waals surface area (Å²) in [7, 11) is 1.46. The van der Waals surface area contributed by atoms with Gasteiger partial charge in [0.2, 0.25) is 0 Å². The Morgan fingerprint density at radius 2 is 2.18 bits per heavy atom. The third-order valence-electron chi connectivity index (χ3n) is 3.32. The third-order valence-corrected chi connectivity index (χ3v) is 3.32. The van der Waals surface area contributed by atoms with Crippen LogP contribution in [0.15, 0.2) is 0 Å². The molecule has 0 spiro atoms. The number of rotatable bonds is 7. The van der Waals surface area contributed by atoms with E-state index in [2.05, 4.69) is 19.2 Å². The number of carbonyl (C=O) groups is 1. The van der Waals surface area contributed by atoms with Gasteiger partial charge in [0.05, 0.1) is 13.2 Å². The topological polar surface area (TPSA) is 47.6 Å². The van der Waals surface area contributed by atoms with Crippen LogP contribution in [-0.2, 0) is 14.3 Å². The van der Waals surface area contributed by atoms with Gasteiger partial charge in [-0.3, -0.25) is 4.79 Å². The number of hydrogen-bond acceptors (Lipinski definition) is 4. The monoisotopic (exact) mass is 243 g/mol. The van der Waals surface area contributed by atoms with E-state index in [-0.39, 0.29) is 12.1 Å². The van der Waals surface area contributed by atoms with Crippen LogP contribution in [0.25, 0.3) is 0 Å². The molecule has 1 aliphatic carbocycles. The van der Waals surface area contributed by atoms with Gasteiger partial charge in [-0.15, -0.1) is 0 Å². The molecule has 0 heterocycles. The summed E-state index contributed by atoms with van der Waals surface area (Å²) in [4.78, 5) is 11.9. The fourth-order valence-corrected chi connectivity index (χ4v) is 2.40. The number of nitrogens with one attached hydrogen (secondary N) is 1. The molecule has 2 unspecified atom stereocenters. The van der Waals surface area contributed by atoms with Gasteiger partial charge in [-0.25, -0.2) is 0 Å². The third kappa shape index (κ3) is 3.68. The summed E-state index contributed by atoms with van der Waals surface area (Å²) in [5, 5.41) is 3.35. The van der Waals surface area contributed by atoms with Crippen LogP contribution in [0, 0.1) is 0 Å². The molecule has 0 radical (unpaired) electrons. The van der Waals surface area contributed by atoms with Crippen molar-refractivity contribution >= 4 is 5.97 Å². The van der Waals surface area contributed by atoms with Crippen LogP contribution < -0.4 is 5.32 Å². The van der Waals surface area contributed by atoms with Gasteiger partial charge in [0.1, 0.15) is 5.54 Å². The van der Waals surface area contributed by atoms with Crippen molar-refractivity contribution in [2.75, 3.05) is 20.3 Å². The highest BCUT2D eigenvalue weighted by Gasteiger charge is 2.46. The summed E-state index contributed by atoms with van der Waals surface area (Å²) in [6, 6.07) is 0. The highest BCUT2D eigenvalue weighted by molar-refractivity contribution is 5.81. The normalized spacial score (nSPS) is 28.3. The van der Waals surface area contributed by atoms with Gasteiger partial charge in [0.15, 0.2) is 0 Å². The summed E-state index contributed by atoms with van der Waals surface area (Å²) < 4.78 is 10.7. The summed E-state index contributed by atoms with van der Waals surface area (Å²) in [6.07, 6.45) is 4.71. The highest BCUT2D eigenvalue weighted by Crippen LogP contribution is 2.33. The van der Waals surface area contributed by atoms with E-state index in [0.29, 0.717) is 0 Å². The molecular formula is C13H25NO3. The number of esters is 1. The van der Waals surface area contributed by atoms with Gasteiger partial charge >= 0.3 is 5.97 Å². The van der Waals surface area contributed by atoms with Crippen LogP contribution in [-0.4, -0.2) is 37.9 Å². The lowest BCUT2D eigenvalue weighted by Crippen LogP contribution is -2.51. The molecule has 1 N–H and O–H groups in total. The summed E-state index contributed by atoms with van der Waals surface area (Å²) in [5.41, 5.74) is -0.511. The molecule has 17 heavy (non-hydrogen) atoms. The van der Waals surface area contributed by atoms with Gasteiger partial charge in [-0.2, -0.15) is 0 Å². The average Bonchev–Trinajstić information content (AvgIpc) is 2.77. The molecule has 0 aromatic rings. The van der Waals surface area contributed by atoms with Crippen molar-refractivity contribution < 1.29 is 14.3 Å². The van der Waals surface area contributed by atoms with Crippen LogP contribution in [0.1, 0.15) is 46.0 Å². The maximum atomic E-state index is 11.9. The van der Waals surface area contributed by atoms with Crippen molar-refractivity contribution in [1.29, 1.82) is 0 Å². The average molecular weight is 243 g/mol. The Labute approximate surface area is 104 Å². The first-order valence-corrected chi connectivity index (χ1v) is 6.63. The van der Waals surface area contributed by atoms with Crippen LogP contribution in [0.2, 0.25) is 0 Å². The standard InChI is InChI=1S/C13H25NO3/c1-4-8-14-13(12(15)16-3)7-6-11(10-13)17-9-5-2/h11,14H,4-10H2,1-3H3. The lowest BCUT2D eigenvalue weighted by atomic mass is 9.97. The van der Waals surface area contributed by atoms with Crippen molar-refractivity contribution in [2.45, 2.75) is 57.6 Å². The molecule has 0 aromatic carbocycles. The minimum atomic E-state index is -0.511. The fraction of sp³-hybridized carbons (Fsp3) is 0.923. The smallest absolute Gasteiger partial charge is 0.326 e. The zero-order chi connectivity index (χ0) is 12.7. The van der Waals surface area contributed by atoms with E-state index in [1.165, 1.54) is 7.11 Å². The maximum absolute atomic E-state index is 11.9. The zero-order valence-electron chi connectivity index (χ0n) is 11.3. The van der Waals surface area contributed by atoms with Crippen LogP contribution >= 0.6 is 0 Å². The van der Waals surface area contributed by atoms with Crippen LogP contribution in [0.4, 0.5) is 0 Å². The molecular weight excluding hydrogens is 218 g/mol. The van der Waals surface area contributed by atoms with Gasteiger partial charge in [-0.05, 0) is 32.2 Å². The van der Waals surface area contributed by atoms with Crippen LogP contribution in [0.5, 0.6) is 0 Å².